The van der Waals surface area contributed by atoms with Crippen LogP contribution in [0.5, 0.6) is 0 Å². The van der Waals surface area contributed by atoms with Gasteiger partial charge in [-0.1, -0.05) is 140 Å². The first-order valence-corrected chi connectivity index (χ1v) is 22.5. The fourth-order valence-corrected chi connectivity index (χ4v) is 6.66. The first-order chi connectivity index (χ1) is 26.1. The van der Waals surface area contributed by atoms with E-state index in [2.05, 4.69) is 30.5 Å². The molecule has 0 bridgehead atoms. The summed E-state index contributed by atoms with van der Waals surface area (Å²) in [5.74, 6) is -1.25. The Morgan fingerprint density at radius 1 is 0.741 bits per heavy atom. The van der Waals surface area contributed by atoms with Gasteiger partial charge in [-0.05, 0) is 69.8 Å². The number of carbonyl (C=O) groups excluding carboxylic acids is 3. The fourth-order valence-electron chi connectivity index (χ4n) is 6.30. The third-order valence-electron chi connectivity index (χ3n) is 9.57. The van der Waals surface area contributed by atoms with Crippen LogP contribution in [-0.4, -0.2) is 58.0 Å². The molecule has 0 radical (unpaired) electrons. The number of phosphoric ester groups is 1. The van der Waals surface area contributed by atoms with Gasteiger partial charge in [0, 0.05) is 18.8 Å². The highest BCUT2D eigenvalue weighted by atomic mass is 31.2. The number of rotatable bonds is 35. The van der Waals surface area contributed by atoms with Gasteiger partial charge >= 0.3 is 19.8 Å². The number of allylic oxidation sites excluding steroid dienone is 7. The normalized spacial score (nSPS) is 17.3. The lowest BCUT2D eigenvalue weighted by atomic mass is 9.90. The Morgan fingerprint density at radius 3 is 1.94 bits per heavy atom. The molecule has 310 valence electrons. The van der Waals surface area contributed by atoms with Gasteiger partial charge in [0.2, 0.25) is 0 Å². The van der Waals surface area contributed by atoms with E-state index in [1.807, 2.05) is 24.3 Å². The van der Waals surface area contributed by atoms with Crippen LogP contribution >= 0.6 is 7.82 Å². The number of hydrogen-bond acceptors (Lipinski definition) is 8. The van der Waals surface area contributed by atoms with Gasteiger partial charge < -0.3 is 24.4 Å². The lowest BCUT2D eigenvalue weighted by Crippen LogP contribution is -2.29. The van der Waals surface area contributed by atoms with E-state index in [-0.39, 0.29) is 37.1 Å². The van der Waals surface area contributed by atoms with Crippen LogP contribution in [0.1, 0.15) is 168 Å². The van der Waals surface area contributed by atoms with Gasteiger partial charge in [-0.2, -0.15) is 0 Å². The summed E-state index contributed by atoms with van der Waals surface area (Å²) in [4.78, 5) is 55.3. The molecule has 54 heavy (non-hydrogen) atoms. The van der Waals surface area contributed by atoms with Gasteiger partial charge in [-0.3, -0.25) is 18.9 Å². The molecule has 0 aliphatic heterocycles. The van der Waals surface area contributed by atoms with E-state index >= 15 is 0 Å². The van der Waals surface area contributed by atoms with Gasteiger partial charge in [0.05, 0.1) is 12.7 Å². The van der Waals surface area contributed by atoms with Crippen molar-refractivity contribution in [2.45, 2.75) is 180 Å². The van der Waals surface area contributed by atoms with Crippen molar-refractivity contribution >= 4 is 25.5 Å². The van der Waals surface area contributed by atoms with E-state index in [0.717, 1.165) is 44.9 Å². The number of carbonyl (C=O) groups is 3. The van der Waals surface area contributed by atoms with E-state index < -0.39 is 38.6 Å². The topological polar surface area (TPSA) is 157 Å². The van der Waals surface area contributed by atoms with Crippen LogP contribution in [0.2, 0.25) is 0 Å². The Labute approximate surface area is 326 Å². The lowest BCUT2D eigenvalue weighted by Gasteiger charge is -2.18. The minimum atomic E-state index is -4.81. The second-order valence-corrected chi connectivity index (χ2v) is 15.9. The molecule has 0 fully saturated rings. The molecule has 0 saturated heterocycles. The van der Waals surface area contributed by atoms with Crippen LogP contribution < -0.4 is 0 Å². The van der Waals surface area contributed by atoms with E-state index in [1.165, 1.54) is 64.2 Å². The molecule has 0 aromatic rings. The molecule has 0 saturated carbocycles. The first kappa shape index (κ1) is 49.7. The molecule has 1 aliphatic rings. The molecule has 0 amide bonds. The summed E-state index contributed by atoms with van der Waals surface area (Å²) in [7, 11) is -4.81. The smallest absolute Gasteiger partial charge is 0.462 e. The summed E-state index contributed by atoms with van der Waals surface area (Å²) >= 11 is 0. The predicted octanol–water partition coefficient (Wildman–Crippen LogP) is 10.4. The summed E-state index contributed by atoms with van der Waals surface area (Å²) in [6.07, 6.45) is 37.4. The van der Waals surface area contributed by atoms with Crippen molar-refractivity contribution in [2.75, 3.05) is 13.2 Å². The molecule has 1 aliphatic carbocycles. The third kappa shape index (κ3) is 29.0. The molecule has 0 unspecified atom stereocenters. The zero-order chi connectivity index (χ0) is 39.7. The van der Waals surface area contributed by atoms with Gasteiger partial charge in [0.15, 0.2) is 11.9 Å². The van der Waals surface area contributed by atoms with Crippen LogP contribution in [0.25, 0.3) is 0 Å². The van der Waals surface area contributed by atoms with E-state index in [4.69, 9.17) is 19.3 Å². The predicted molar refractivity (Wildman–Crippen MR) is 216 cm³/mol. The number of phosphoric acid groups is 1. The summed E-state index contributed by atoms with van der Waals surface area (Å²) in [6.45, 7) is 3.41. The highest BCUT2D eigenvalue weighted by molar-refractivity contribution is 7.46. The van der Waals surface area contributed by atoms with Gasteiger partial charge in [0.1, 0.15) is 6.61 Å². The van der Waals surface area contributed by atoms with E-state index in [0.29, 0.717) is 32.1 Å². The monoisotopic (exact) mass is 780 g/mol. The Kier molecular flexibility index (Phi) is 30.2. The van der Waals surface area contributed by atoms with Crippen LogP contribution in [0.3, 0.4) is 0 Å². The van der Waals surface area contributed by atoms with E-state index in [1.54, 1.807) is 12.2 Å². The molecular weight excluding hydrogens is 707 g/mol. The van der Waals surface area contributed by atoms with Crippen molar-refractivity contribution in [3.05, 3.63) is 48.6 Å². The Balaban J connectivity index is 2.24. The molecule has 0 heterocycles. The minimum Gasteiger partial charge on any atom is -0.462 e. The van der Waals surface area contributed by atoms with Gasteiger partial charge in [-0.15, -0.1) is 0 Å². The maximum Gasteiger partial charge on any atom is 0.469 e. The number of unbranched alkanes of at least 4 members (excludes halogenated alkanes) is 16. The zero-order valence-electron chi connectivity index (χ0n) is 33.5. The number of aliphatic hydroxyl groups is 1. The molecule has 3 N–H and O–H groups in total. The maximum atomic E-state index is 12.4. The minimum absolute atomic E-state index is 0.0276. The van der Waals surface area contributed by atoms with Crippen molar-refractivity contribution in [3.8, 4) is 0 Å². The number of ether oxygens (including phenoxy) is 2. The van der Waals surface area contributed by atoms with Crippen molar-refractivity contribution in [1.82, 2.24) is 0 Å². The van der Waals surface area contributed by atoms with Crippen LogP contribution in [0.4, 0.5) is 0 Å². The molecule has 11 heteroatoms. The second-order valence-electron chi connectivity index (χ2n) is 14.6. The average Bonchev–Trinajstić information content (AvgIpc) is 3.49. The highest BCUT2D eigenvalue weighted by Gasteiger charge is 2.27. The standard InChI is InChI=1S/C43H73O10P/c1-3-5-7-8-9-10-11-12-13-14-15-16-17-18-19-20-26-30-43(47)53-39(36-52-54(48,49)50)35-51-42(46)29-25-22-21-24-27-37-31-34-41(45)40(37)33-32-38(44)28-23-6-4-2/h12-13,21,24,31-34,37-40,44H,3-11,14-20,22-23,25-30,35-36H2,1-2H3,(H2,48,49,50)/b13-12-,24-21-,33-32+/t37-,38-,39+,40+/m0/s1. The van der Waals surface area contributed by atoms with Crippen molar-refractivity contribution in [2.24, 2.45) is 11.8 Å². The summed E-state index contributed by atoms with van der Waals surface area (Å²) in [6, 6.07) is 0. The number of aliphatic hydroxyl groups excluding tert-OH is 1. The van der Waals surface area contributed by atoms with Crippen molar-refractivity contribution < 1.29 is 47.8 Å². The van der Waals surface area contributed by atoms with Crippen LogP contribution in [-0.2, 0) is 32.9 Å². The van der Waals surface area contributed by atoms with Gasteiger partial charge in [-0.25, -0.2) is 4.57 Å². The highest BCUT2D eigenvalue weighted by Crippen LogP contribution is 2.36. The maximum absolute atomic E-state index is 12.4. The molecule has 0 spiro atoms. The van der Waals surface area contributed by atoms with E-state index in [9.17, 15) is 24.1 Å². The van der Waals surface area contributed by atoms with Gasteiger partial charge in [0.25, 0.3) is 0 Å². The number of esters is 2. The molecule has 0 aromatic carbocycles. The Hall–Kier alpha value is -2.36. The quantitative estimate of drug-likeness (QED) is 0.0245. The van der Waals surface area contributed by atoms with Crippen molar-refractivity contribution in [1.29, 1.82) is 0 Å². The first-order valence-electron chi connectivity index (χ1n) is 21.0. The van der Waals surface area contributed by atoms with Crippen LogP contribution in [0, 0.1) is 11.8 Å². The zero-order valence-corrected chi connectivity index (χ0v) is 34.4. The summed E-state index contributed by atoms with van der Waals surface area (Å²) < 4.78 is 26.4. The average molecular weight is 781 g/mol. The molecule has 0 aromatic heterocycles. The third-order valence-corrected chi connectivity index (χ3v) is 10.1. The number of ketones is 1. The Morgan fingerprint density at radius 2 is 1.30 bits per heavy atom. The number of hydrogen-bond donors (Lipinski definition) is 3. The second kappa shape index (κ2) is 32.8. The summed E-state index contributed by atoms with van der Waals surface area (Å²) in [5.41, 5.74) is 0. The molecule has 10 nitrogen and oxygen atoms in total. The lowest BCUT2D eigenvalue weighted by molar-refractivity contribution is -0.161. The fraction of sp³-hybridized carbons (Fsp3) is 0.744. The Bertz CT molecular complexity index is 1160. The van der Waals surface area contributed by atoms with Crippen molar-refractivity contribution in [3.63, 3.8) is 0 Å². The molecule has 1 rings (SSSR count). The molecular formula is C43H73O10P. The summed E-state index contributed by atoms with van der Waals surface area (Å²) in [5, 5.41) is 10.2. The largest absolute Gasteiger partial charge is 0.469 e. The SMILES string of the molecule is CCCCCCCC/C=C\CCCCCCCCCC(=O)O[C@H](COC(=O)CCC/C=C\C[C@H]1C=CC(=O)[C@@H]1/C=C/[C@@H](O)CCCCC)COP(=O)(O)O. The van der Waals surface area contributed by atoms with Crippen LogP contribution in [0.15, 0.2) is 48.6 Å². The molecule has 4 atom stereocenters.